The van der Waals surface area contributed by atoms with E-state index >= 15 is 0 Å². The lowest BCUT2D eigenvalue weighted by molar-refractivity contribution is -0.138. The first-order valence-electron chi connectivity index (χ1n) is 8.39. The number of nitrogens with zero attached hydrogens (tertiary/aromatic N) is 1. The molecular weight excluding hydrogens is 260 g/mol. The zero-order valence-electron chi connectivity index (χ0n) is 13.0. The molecule has 1 aliphatic carbocycles. The van der Waals surface area contributed by atoms with Crippen LogP contribution in [0.25, 0.3) is 0 Å². The number of amides is 1. The van der Waals surface area contributed by atoms with Gasteiger partial charge in [-0.2, -0.15) is 0 Å². The van der Waals surface area contributed by atoms with Crippen LogP contribution in [0, 0.1) is 5.92 Å². The Morgan fingerprint density at radius 3 is 2.62 bits per heavy atom. The fourth-order valence-electron chi connectivity index (χ4n) is 3.65. The lowest BCUT2D eigenvalue weighted by Crippen LogP contribution is -2.50. The molecular formula is C18H26N2O. The van der Waals surface area contributed by atoms with Gasteiger partial charge in [-0.05, 0) is 30.4 Å². The van der Waals surface area contributed by atoms with E-state index < -0.39 is 0 Å². The Morgan fingerprint density at radius 2 is 1.95 bits per heavy atom. The predicted molar refractivity (Wildman–Crippen MR) is 85.1 cm³/mol. The summed E-state index contributed by atoms with van der Waals surface area (Å²) in [5.74, 6) is 0.666. The molecule has 1 aliphatic heterocycles. The van der Waals surface area contributed by atoms with Crippen molar-refractivity contribution in [3.63, 3.8) is 0 Å². The van der Waals surface area contributed by atoms with Crippen LogP contribution in [0.2, 0.25) is 0 Å². The molecule has 1 atom stereocenters. The van der Waals surface area contributed by atoms with Crippen LogP contribution >= 0.6 is 0 Å². The number of hydrogen-bond donors (Lipinski definition) is 1. The Hall–Kier alpha value is -1.35. The van der Waals surface area contributed by atoms with Crippen LogP contribution in [0.4, 0.5) is 0 Å². The van der Waals surface area contributed by atoms with Gasteiger partial charge in [0.15, 0.2) is 0 Å². The maximum Gasteiger partial charge on any atom is 0.226 e. The molecule has 1 aromatic carbocycles. The van der Waals surface area contributed by atoms with E-state index in [9.17, 15) is 4.79 Å². The third-order valence-electron chi connectivity index (χ3n) is 5.00. The number of aryl methyl sites for hydroxylation is 1. The molecule has 114 valence electrons. The molecule has 1 N–H and O–H groups in total. The Morgan fingerprint density at radius 1 is 1.24 bits per heavy atom. The molecule has 2 aliphatic rings. The number of hydrogen-bond acceptors (Lipinski definition) is 2. The van der Waals surface area contributed by atoms with E-state index in [1.165, 1.54) is 24.0 Å². The lowest BCUT2D eigenvalue weighted by atomic mass is 9.98. The van der Waals surface area contributed by atoms with Crippen molar-refractivity contribution in [1.29, 1.82) is 0 Å². The van der Waals surface area contributed by atoms with Crippen molar-refractivity contribution < 1.29 is 4.79 Å². The van der Waals surface area contributed by atoms with Gasteiger partial charge in [-0.3, -0.25) is 4.79 Å². The number of carbonyl (C=O) groups excluding carboxylic acids is 1. The van der Waals surface area contributed by atoms with Crippen LogP contribution in [0.15, 0.2) is 24.3 Å². The van der Waals surface area contributed by atoms with Gasteiger partial charge in [-0.1, -0.05) is 44.0 Å². The van der Waals surface area contributed by atoms with Gasteiger partial charge in [0.05, 0.1) is 6.04 Å². The fourth-order valence-corrected chi connectivity index (χ4v) is 3.65. The summed E-state index contributed by atoms with van der Waals surface area (Å²) in [4.78, 5) is 14.9. The number of benzene rings is 1. The SMILES string of the molecule is CCc1ccc(C2CNCCN2C(=O)C2CCCC2)cc1. The normalized spacial score (nSPS) is 23.5. The van der Waals surface area contributed by atoms with Gasteiger partial charge in [0.1, 0.15) is 0 Å². The molecule has 3 heteroatoms. The number of piperazine rings is 1. The quantitative estimate of drug-likeness (QED) is 0.926. The summed E-state index contributed by atoms with van der Waals surface area (Å²) in [6.45, 7) is 4.81. The van der Waals surface area contributed by atoms with Crippen molar-refractivity contribution in [2.75, 3.05) is 19.6 Å². The molecule has 0 aromatic heterocycles. The smallest absolute Gasteiger partial charge is 0.226 e. The molecule has 1 unspecified atom stereocenters. The van der Waals surface area contributed by atoms with Gasteiger partial charge in [-0.15, -0.1) is 0 Å². The third kappa shape index (κ3) is 3.13. The first kappa shape index (κ1) is 14.6. The van der Waals surface area contributed by atoms with E-state index in [0.29, 0.717) is 5.91 Å². The van der Waals surface area contributed by atoms with Gasteiger partial charge >= 0.3 is 0 Å². The van der Waals surface area contributed by atoms with E-state index in [2.05, 4.69) is 41.4 Å². The minimum Gasteiger partial charge on any atom is -0.333 e. The maximum atomic E-state index is 12.8. The highest BCUT2D eigenvalue weighted by Gasteiger charge is 2.33. The van der Waals surface area contributed by atoms with Crippen molar-refractivity contribution in [2.45, 2.75) is 45.1 Å². The summed E-state index contributed by atoms with van der Waals surface area (Å²) in [6.07, 6.45) is 5.68. The van der Waals surface area contributed by atoms with Gasteiger partial charge in [0.25, 0.3) is 0 Å². The van der Waals surface area contributed by atoms with Crippen LogP contribution in [0.3, 0.4) is 0 Å². The monoisotopic (exact) mass is 286 g/mol. The molecule has 2 fully saturated rings. The molecule has 1 saturated heterocycles. The second kappa shape index (κ2) is 6.61. The van der Waals surface area contributed by atoms with E-state index in [4.69, 9.17) is 0 Å². The Balaban J connectivity index is 1.78. The summed E-state index contributed by atoms with van der Waals surface area (Å²) >= 11 is 0. The Labute approximate surface area is 127 Å². The first-order valence-corrected chi connectivity index (χ1v) is 8.39. The van der Waals surface area contributed by atoms with Gasteiger partial charge < -0.3 is 10.2 Å². The van der Waals surface area contributed by atoms with E-state index in [1.807, 2.05) is 0 Å². The molecule has 0 bridgehead atoms. The third-order valence-corrected chi connectivity index (χ3v) is 5.00. The van der Waals surface area contributed by atoms with Crippen molar-refractivity contribution in [1.82, 2.24) is 10.2 Å². The molecule has 21 heavy (non-hydrogen) atoms. The van der Waals surface area contributed by atoms with Crippen molar-refractivity contribution in [2.24, 2.45) is 5.92 Å². The topological polar surface area (TPSA) is 32.3 Å². The fraction of sp³-hybridized carbons (Fsp3) is 0.611. The highest BCUT2D eigenvalue weighted by Crippen LogP contribution is 2.31. The number of nitrogens with one attached hydrogen (secondary N) is 1. The van der Waals surface area contributed by atoms with E-state index in [1.54, 1.807) is 0 Å². The Bertz CT molecular complexity index is 476. The summed E-state index contributed by atoms with van der Waals surface area (Å²) < 4.78 is 0. The van der Waals surface area contributed by atoms with Crippen molar-refractivity contribution in [3.05, 3.63) is 35.4 Å². The molecule has 1 heterocycles. The summed E-state index contributed by atoms with van der Waals surface area (Å²) in [5, 5.41) is 3.44. The highest BCUT2D eigenvalue weighted by atomic mass is 16.2. The summed E-state index contributed by atoms with van der Waals surface area (Å²) in [7, 11) is 0. The lowest BCUT2D eigenvalue weighted by Gasteiger charge is -2.38. The summed E-state index contributed by atoms with van der Waals surface area (Å²) in [5.41, 5.74) is 2.63. The van der Waals surface area contributed by atoms with Gasteiger partial charge in [0, 0.05) is 25.6 Å². The second-order valence-electron chi connectivity index (χ2n) is 6.33. The average molecular weight is 286 g/mol. The molecule has 0 spiro atoms. The highest BCUT2D eigenvalue weighted by molar-refractivity contribution is 5.79. The second-order valence-corrected chi connectivity index (χ2v) is 6.33. The van der Waals surface area contributed by atoms with Crippen LogP contribution in [0.5, 0.6) is 0 Å². The predicted octanol–water partition coefficient (Wildman–Crippen LogP) is 2.91. The van der Waals surface area contributed by atoms with Crippen LogP contribution in [-0.2, 0) is 11.2 Å². The summed E-state index contributed by atoms with van der Waals surface area (Å²) in [6, 6.07) is 9.00. The minimum absolute atomic E-state index is 0.206. The standard InChI is InChI=1S/C18H26N2O/c1-2-14-7-9-15(10-8-14)17-13-19-11-12-20(17)18(21)16-5-3-4-6-16/h7-10,16-17,19H,2-6,11-13H2,1H3. The molecule has 3 rings (SSSR count). The first-order chi connectivity index (χ1) is 10.3. The molecule has 1 aromatic rings. The van der Waals surface area contributed by atoms with Crippen LogP contribution in [-0.4, -0.2) is 30.4 Å². The van der Waals surface area contributed by atoms with Gasteiger partial charge in [-0.25, -0.2) is 0 Å². The molecule has 1 amide bonds. The average Bonchev–Trinajstić information content (AvgIpc) is 3.09. The maximum absolute atomic E-state index is 12.8. The Kier molecular flexibility index (Phi) is 4.59. The van der Waals surface area contributed by atoms with Crippen molar-refractivity contribution in [3.8, 4) is 0 Å². The van der Waals surface area contributed by atoms with Crippen LogP contribution in [0.1, 0.15) is 49.8 Å². The van der Waals surface area contributed by atoms with E-state index in [0.717, 1.165) is 38.9 Å². The number of carbonyl (C=O) groups is 1. The van der Waals surface area contributed by atoms with Crippen molar-refractivity contribution >= 4 is 5.91 Å². The van der Waals surface area contributed by atoms with E-state index in [-0.39, 0.29) is 12.0 Å². The number of rotatable bonds is 3. The van der Waals surface area contributed by atoms with Gasteiger partial charge in [0.2, 0.25) is 5.91 Å². The molecule has 3 nitrogen and oxygen atoms in total. The minimum atomic E-state index is 0.206. The van der Waals surface area contributed by atoms with Crippen LogP contribution < -0.4 is 5.32 Å². The molecule has 1 saturated carbocycles. The molecule has 0 radical (unpaired) electrons. The largest absolute Gasteiger partial charge is 0.333 e. The zero-order chi connectivity index (χ0) is 14.7. The zero-order valence-corrected chi connectivity index (χ0v) is 13.0.